The molecule has 0 saturated carbocycles. The summed E-state index contributed by atoms with van der Waals surface area (Å²) in [7, 11) is 0. The van der Waals surface area contributed by atoms with Gasteiger partial charge in [0.05, 0.1) is 12.8 Å². The summed E-state index contributed by atoms with van der Waals surface area (Å²) in [5, 5.41) is 8.87. The highest BCUT2D eigenvalue weighted by molar-refractivity contribution is 5.89. The van der Waals surface area contributed by atoms with Crippen LogP contribution in [0.5, 0.6) is 0 Å². The van der Waals surface area contributed by atoms with Crippen LogP contribution in [0.15, 0.2) is 47.1 Å². The Labute approximate surface area is 124 Å². The molecule has 5 nitrogen and oxygen atoms in total. The molecule has 2 rings (SSSR count). The van der Waals surface area contributed by atoms with Crippen molar-refractivity contribution in [1.29, 1.82) is 0 Å². The number of amides is 2. The van der Waals surface area contributed by atoms with Crippen molar-refractivity contribution in [3.05, 3.63) is 54.0 Å². The normalized spacial score (nSPS) is 10.6. The molecule has 112 valence electrons. The van der Waals surface area contributed by atoms with Crippen molar-refractivity contribution in [3.8, 4) is 0 Å². The van der Waals surface area contributed by atoms with Crippen LogP contribution in [0.3, 0.4) is 0 Å². The van der Waals surface area contributed by atoms with Crippen molar-refractivity contribution >= 4 is 11.7 Å². The van der Waals surface area contributed by atoms with E-state index in [-0.39, 0.29) is 12.1 Å². The lowest BCUT2D eigenvalue weighted by atomic mass is 10.2. The van der Waals surface area contributed by atoms with Crippen LogP contribution in [0.1, 0.15) is 25.2 Å². The van der Waals surface area contributed by atoms with Crippen molar-refractivity contribution < 1.29 is 9.21 Å². The summed E-state index contributed by atoms with van der Waals surface area (Å²) < 4.78 is 5.25. The van der Waals surface area contributed by atoms with Gasteiger partial charge in [-0.15, -0.1) is 0 Å². The standard InChI is InChI=1S/C16H21N3O2/c1-12(2)18-16(20)19-14-7-5-13(6-8-14)10-17-11-15-4-3-9-21-15/h3-9,12,17H,10-11H2,1-2H3,(H2,18,19,20). The fourth-order valence-corrected chi connectivity index (χ4v) is 1.88. The zero-order valence-corrected chi connectivity index (χ0v) is 12.3. The van der Waals surface area contributed by atoms with Crippen LogP contribution < -0.4 is 16.0 Å². The molecule has 0 fully saturated rings. The van der Waals surface area contributed by atoms with Gasteiger partial charge in [-0.05, 0) is 43.7 Å². The second-order valence-corrected chi connectivity index (χ2v) is 5.13. The molecule has 0 saturated heterocycles. The third-order valence-electron chi connectivity index (χ3n) is 2.84. The Morgan fingerprint density at radius 1 is 1.14 bits per heavy atom. The van der Waals surface area contributed by atoms with Gasteiger partial charge in [-0.3, -0.25) is 0 Å². The maximum atomic E-state index is 11.6. The van der Waals surface area contributed by atoms with Crippen LogP contribution in [0.2, 0.25) is 0 Å². The lowest BCUT2D eigenvalue weighted by Crippen LogP contribution is -2.34. The Morgan fingerprint density at radius 3 is 2.52 bits per heavy atom. The van der Waals surface area contributed by atoms with Gasteiger partial charge in [-0.25, -0.2) is 4.79 Å². The summed E-state index contributed by atoms with van der Waals surface area (Å²) in [6, 6.07) is 11.5. The molecule has 1 aromatic heterocycles. The first-order valence-corrected chi connectivity index (χ1v) is 7.03. The molecule has 0 aliphatic heterocycles. The molecular weight excluding hydrogens is 266 g/mol. The molecule has 0 bridgehead atoms. The smallest absolute Gasteiger partial charge is 0.319 e. The fraction of sp³-hybridized carbons (Fsp3) is 0.312. The molecule has 1 aromatic carbocycles. The number of rotatable bonds is 6. The summed E-state index contributed by atoms with van der Waals surface area (Å²) in [5.74, 6) is 0.915. The fourth-order valence-electron chi connectivity index (χ4n) is 1.88. The molecule has 3 N–H and O–H groups in total. The number of anilines is 1. The predicted molar refractivity (Wildman–Crippen MR) is 83.0 cm³/mol. The van der Waals surface area contributed by atoms with Gasteiger partial charge in [-0.1, -0.05) is 12.1 Å². The molecule has 21 heavy (non-hydrogen) atoms. The van der Waals surface area contributed by atoms with Crippen LogP contribution >= 0.6 is 0 Å². The summed E-state index contributed by atoms with van der Waals surface area (Å²) in [6.07, 6.45) is 1.67. The van der Waals surface area contributed by atoms with Crippen molar-refractivity contribution in [2.75, 3.05) is 5.32 Å². The van der Waals surface area contributed by atoms with E-state index >= 15 is 0 Å². The molecule has 0 atom stereocenters. The average Bonchev–Trinajstić information content (AvgIpc) is 2.93. The van der Waals surface area contributed by atoms with Crippen molar-refractivity contribution in [1.82, 2.24) is 10.6 Å². The Bertz CT molecular complexity index is 547. The number of furan rings is 1. The summed E-state index contributed by atoms with van der Waals surface area (Å²) >= 11 is 0. The van der Waals surface area contributed by atoms with Crippen molar-refractivity contribution in [3.63, 3.8) is 0 Å². The van der Waals surface area contributed by atoms with E-state index in [4.69, 9.17) is 4.42 Å². The van der Waals surface area contributed by atoms with Crippen LogP contribution in [0, 0.1) is 0 Å². The van der Waals surface area contributed by atoms with Crippen molar-refractivity contribution in [2.24, 2.45) is 0 Å². The molecule has 0 unspecified atom stereocenters. The van der Waals surface area contributed by atoms with Gasteiger partial charge in [0.15, 0.2) is 0 Å². The van der Waals surface area contributed by atoms with E-state index in [2.05, 4.69) is 16.0 Å². The number of nitrogens with one attached hydrogen (secondary N) is 3. The zero-order chi connectivity index (χ0) is 15.1. The minimum absolute atomic E-state index is 0.120. The van der Waals surface area contributed by atoms with Crippen LogP contribution in [0.25, 0.3) is 0 Å². The lowest BCUT2D eigenvalue weighted by Gasteiger charge is -2.10. The SMILES string of the molecule is CC(C)NC(=O)Nc1ccc(CNCc2ccco2)cc1. The third-order valence-corrected chi connectivity index (χ3v) is 2.84. The average molecular weight is 287 g/mol. The number of carbonyl (C=O) groups excluding carboxylic acids is 1. The van der Waals surface area contributed by atoms with E-state index in [0.29, 0.717) is 6.54 Å². The largest absolute Gasteiger partial charge is 0.468 e. The van der Waals surface area contributed by atoms with Crippen molar-refractivity contribution in [2.45, 2.75) is 33.0 Å². The predicted octanol–water partition coefficient (Wildman–Crippen LogP) is 3.10. The monoisotopic (exact) mass is 287 g/mol. The molecule has 0 spiro atoms. The van der Waals surface area contributed by atoms with Gasteiger partial charge in [0.1, 0.15) is 5.76 Å². The molecule has 2 amide bonds. The van der Waals surface area contributed by atoms with E-state index in [9.17, 15) is 4.79 Å². The molecule has 5 heteroatoms. The highest BCUT2D eigenvalue weighted by Gasteiger charge is 2.03. The van der Waals surface area contributed by atoms with Gasteiger partial charge in [0, 0.05) is 18.3 Å². The highest BCUT2D eigenvalue weighted by atomic mass is 16.3. The molecule has 0 aliphatic carbocycles. The Hall–Kier alpha value is -2.27. The summed E-state index contributed by atoms with van der Waals surface area (Å²) in [6.45, 7) is 5.30. The summed E-state index contributed by atoms with van der Waals surface area (Å²) in [5.41, 5.74) is 1.93. The van der Waals surface area contributed by atoms with Gasteiger partial charge in [0.25, 0.3) is 0 Å². The number of hydrogen-bond acceptors (Lipinski definition) is 3. The minimum atomic E-state index is -0.186. The maximum Gasteiger partial charge on any atom is 0.319 e. The second-order valence-electron chi connectivity index (χ2n) is 5.13. The molecule has 0 radical (unpaired) electrons. The molecule has 2 aromatic rings. The Kier molecular flexibility index (Phi) is 5.40. The third kappa shape index (κ3) is 5.31. The maximum absolute atomic E-state index is 11.6. The molecule has 1 heterocycles. The van der Waals surface area contributed by atoms with Crippen LogP contribution in [0.4, 0.5) is 10.5 Å². The lowest BCUT2D eigenvalue weighted by molar-refractivity contribution is 0.250. The van der Waals surface area contributed by atoms with E-state index < -0.39 is 0 Å². The minimum Gasteiger partial charge on any atom is -0.468 e. The zero-order valence-electron chi connectivity index (χ0n) is 12.3. The second kappa shape index (κ2) is 7.50. The number of urea groups is 1. The van der Waals surface area contributed by atoms with E-state index in [1.807, 2.05) is 50.2 Å². The van der Waals surface area contributed by atoms with Gasteiger partial charge in [-0.2, -0.15) is 0 Å². The number of benzene rings is 1. The van der Waals surface area contributed by atoms with E-state index in [1.54, 1.807) is 6.26 Å². The topological polar surface area (TPSA) is 66.3 Å². The van der Waals surface area contributed by atoms with E-state index in [1.165, 1.54) is 0 Å². The van der Waals surface area contributed by atoms with Crippen LogP contribution in [-0.2, 0) is 13.1 Å². The first-order chi connectivity index (χ1) is 10.1. The quantitative estimate of drug-likeness (QED) is 0.765. The van der Waals surface area contributed by atoms with Gasteiger partial charge in [0.2, 0.25) is 0 Å². The first kappa shape index (κ1) is 15.1. The van der Waals surface area contributed by atoms with Gasteiger partial charge < -0.3 is 20.4 Å². The number of hydrogen-bond donors (Lipinski definition) is 3. The first-order valence-electron chi connectivity index (χ1n) is 7.03. The molecular formula is C16H21N3O2. The Balaban J connectivity index is 1.77. The van der Waals surface area contributed by atoms with Crippen LogP contribution in [-0.4, -0.2) is 12.1 Å². The highest BCUT2D eigenvalue weighted by Crippen LogP contribution is 2.09. The summed E-state index contributed by atoms with van der Waals surface area (Å²) in [4.78, 5) is 11.6. The van der Waals surface area contributed by atoms with E-state index in [0.717, 1.165) is 23.6 Å². The molecule has 0 aliphatic rings. The van der Waals surface area contributed by atoms with Gasteiger partial charge >= 0.3 is 6.03 Å². The number of carbonyl (C=O) groups is 1. The Morgan fingerprint density at radius 2 is 1.90 bits per heavy atom.